The SMILES string of the molecule is CCCCN(C)C(=O)C1CC1C(=O)Nc1ccc(C(C)=O)cc1. The Balaban J connectivity index is 1.86. The molecule has 0 saturated heterocycles. The number of carbonyl (C=O) groups is 3. The molecular formula is C18H24N2O3. The second-order valence-corrected chi connectivity index (χ2v) is 6.18. The Morgan fingerprint density at radius 2 is 1.83 bits per heavy atom. The zero-order valence-electron chi connectivity index (χ0n) is 14.0. The highest BCUT2D eigenvalue weighted by Gasteiger charge is 2.48. The van der Waals surface area contributed by atoms with Crippen molar-refractivity contribution in [2.24, 2.45) is 11.8 Å². The monoisotopic (exact) mass is 316 g/mol. The first-order chi connectivity index (χ1) is 10.9. The van der Waals surface area contributed by atoms with Gasteiger partial charge in [-0.25, -0.2) is 0 Å². The molecule has 0 heterocycles. The summed E-state index contributed by atoms with van der Waals surface area (Å²) in [4.78, 5) is 37.4. The Labute approximate surface area is 137 Å². The summed E-state index contributed by atoms with van der Waals surface area (Å²) in [5.74, 6) is -0.494. The summed E-state index contributed by atoms with van der Waals surface area (Å²) in [5, 5.41) is 2.82. The molecular weight excluding hydrogens is 292 g/mol. The number of hydrogen-bond acceptors (Lipinski definition) is 3. The largest absolute Gasteiger partial charge is 0.346 e. The first-order valence-electron chi connectivity index (χ1n) is 8.11. The Kier molecular flexibility index (Phi) is 5.53. The van der Waals surface area contributed by atoms with Crippen LogP contribution in [-0.4, -0.2) is 36.1 Å². The van der Waals surface area contributed by atoms with E-state index in [9.17, 15) is 14.4 Å². The van der Waals surface area contributed by atoms with Gasteiger partial charge < -0.3 is 10.2 Å². The van der Waals surface area contributed by atoms with Gasteiger partial charge in [0.15, 0.2) is 5.78 Å². The molecule has 1 saturated carbocycles. The lowest BCUT2D eigenvalue weighted by atomic mass is 10.1. The fraction of sp³-hybridized carbons (Fsp3) is 0.500. The van der Waals surface area contributed by atoms with Crippen LogP contribution in [0.15, 0.2) is 24.3 Å². The average molecular weight is 316 g/mol. The maximum atomic E-state index is 12.2. The van der Waals surface area contributed by atoms with Crippen molar-refractivity contribution < 1.29 is 14.4 Å². The maximum absolute atomic E-state index is 12.2. The fourth-order valence-electron chi connectivity index (χ4n) is 2.57. The van der Waals surface area contributed by atoms with Crippen LogP contribution in [0.1, 0.15) is 43.5 Å². The number of nitrogens with one attached hydrogen (secondary N) is 1. The highest BCUT2D eigenvalue weighted by Crippen LogP contribution is 2.40. The fourth-order valence-corrected chi connectivity index (χ4v) is 2.57. The van der Waals surface area contributed by atoms with E-state index < -0.39 is 0 Å². The number of nitrogens with zero attached hydrogens (tertiary/aromatic N) is 1. The van der Waals surface area contributed by atoms with Crippen LogP contribution < -0.4 is 5.32 Å². The molecule has 23 heavy (non-hydrogen) atoms. The lowest BCUT2D eigenvalue weighted by Gasteiger charge is -2.16. The van der Waals surface area contributed by atoms with Crippen LogP contribution in [0.25, 0.3) is 0 Å². The van der Waals surface area contributed by atoms with Gasteiger partial charge in [-0.05, 0) is 44.0 Å². The summed E-state index contributed by atoms with van der Waals surface area (Å²) in [6.45, 7) is 4.33. The van der Waals surface area contributed by atoms with E-state index in [2.05, 4.69) is 12.2 Å². The Morgan fingerprint density at radius 3 is 2.39 bits per heavy atom. The van der Waals surface area contributed by atoms with Gasteiger partial charge in [-0.1, -0.05) is 13.3 Å². The summed E-state index contributed by atoms with van der Waals surface area (Å²) >= 11 is 0. The lowest BCUT2D eigenvalue weighted by Crippen LogP contribution is -2.30. The minimum absolute atomic E-state index is 0.00848. The summed E-state index contributed by atoms with van der Waals surface area (Å²) in [6, 6.07) is 6.79. The number of benzene rings is 1. The van der Waals surface area contributed by atoms with E-state index >= 15 is 0 Å². The molecule has 1 aromatic rings. The van der Waals surface area contributed by atoms with Crippen LogP contribution in [0.4, 0.5) is 5.69 Å². The average Bonchev–Trinajstić information content (AvgIpc) is 3.33. The molecule has 2 amide bonds. The molecule has 0 radical (unpaired) electrons. The topological polar surface area (TPSA) is 66.5 Å². The third kappa shape index (κ3) is 4.41. The van der Waals surface area contributed by atoms with E-state index in [0.717, 1.165) is 19.4 Å². The normalized spacial score (nSPS) is 19.1. The number of ketones is 1. The molecule has 1 fully saturated rings. The molecule has 0 spiro atoms. The number of hydrogen-bond donors (Lipinski definition) is 1. The van der Waals surface area contributed by atoms with Gasteiger partial charge in [0.25, 0.3) is 0 Å². The van der Waals surface area contributed by atoms with Gasteiger partial charge in [0.1, 0.15) is 0 Å². The highest BCUT2D eigenvalue weighted by molar-refractivity contribution is 6.00. The van der Waals surface area contributed by atoms with E-state index in [0.29, 0.717) is 17.7 Å². The predicted molar refractivity (Wildman–Crippen MR) is 89.2 cm³/mol. The van der Waals surface area contributed by atoms with Gasteiger partial charge in [-0.2, -0.15) is 0 Å². The molecule has 0 aromatic heterocycles. The van der Waals surface area contributed by atoms with E-state index in [4.69, 9.17) is 0 Å². The number of Topliss-reactive ketones (excluding diaryl/α,β-unsaturated/α-hetero) is 1. The minimum Gasteiger partial charge on any atom is -0.346 e. The summed E-state index contributed by atoms with van der Waals surface area (Å²) < 4.78 is 0. The number of anilines is 1. The van der Waals surface area contributed by atoms with Crippen LogP contribution in [0, 0.1) is 11.8 Å². The summed E-state index contributed by atoms with van der Waals surface area (Å²) in [7, 11) is 1.80. The minimum atomic E-state index is -0.237. The highest BCUT2D eigenvalue weighted by atomic mass is 16.2. The van der Waals surface area contributed by atoms with Gasteiger partial charge in [-0.15, -0.1) is 0 Å². The molecule has 1 aliphatic rings. The van der Waals surface area contributed by atoms with Crippen LogP contribution >= 0.6 is 0 Å². The summed E-state index contributed by atoms with van der Waals surface area (Å²) in [5.41, 5.74) is 1.26. The van der Waals surface area contributed by atoms with E-state index in [1.807, 2.05) is 0 Å². The van der Waals surface area contributed by atoms with E-state index in [1.54, 1.807) is 36.2 Å². The third-order valence-corrected chi connectivity index (χ3v) is 4.23. The van der Waals surface area contributed by atoms with Crippen molar-refractivity contribution in [2.45, 2.75) is 33.1 Å². The van der Waals surface area contributed by atoms with Gasteiger partial charge in [0.2, 0.25) is 11.8 Å². The van der Waals surface area contributed by atoms with Crippen LogP contribution in [0.5, 0.6) is 0 Å². The number of unbranched alkanes of at least 4 members (excludes halogenated alkanes) is 1. The van der Waals surface area contributed by atoms with Crippen molar-refractivity contribution in [3.63, 3.8) is 0 Å². The van der Waals surface area contributed by atoms with Crippen molar-refractivity contribution in [3.8, 4) is 0 Å². The van der Waals surface area contributed by atoms with Crippen LogP contribution in [-0.2, 0) is 9.59 Å². The molecule has 0 aliphatic heterocycles. The third-order valence-electron chi connectivity index (χ3n) is 4.23. The van der Waals surface area contributed by atoms with Crippen molar-refractivity contribution in [3.05, 3.63) is 29.8 Å². The summed E-state index contributed by atoms with van der Waals surface area (Å²) in [6.07, 6.45) is 2.64. The quantitative estimate of drug-likeness (QED) is 0.787. The second kappa shape index (κ2) is 7.40. The number of amides is 2. The van der Waals surface area contributed by atoms with Gasteiger partial charge in [0.05, 0.1) is 11.8 Å². The van der Waals surface area contributed by atoms with E-state index in [1.165, 1.54) is 6.92 Å². The van der Waals surface area contributed by atoms with Gasteiger partial charge >= 0.3 is 0 Å². The van der Waals surface area contributed by atoms with Crippen LogP contribution in [0.3, 0.4) is 0 Å². The Hall–Kier alpha value is -2.17. The number of carbonyl (C=O) groups excluding carboxylic acids is 3. The van der Waals surface area contributed by atoms with Crippen molar-refractivity contribution >= 4 is 23.3 Å². The smallest absolute Gasteiger partial charge is 0.228 e. The molecule has 0 bridgehead atoms. The van der Waals surface area contributed by atoms with Crippen LogP contribution in [0.2, 0.25) is 0 Å². The number of rotatable bonds is 7. The molecule has 1 aromatic carbocycles. The zero-order chi connectivity index (χ0) is 17.0. The molecule has 1 aliphatic carbocycles. The second-order valence-electron chi connectivity index (χ2n) is 6.18. The van der Waals surface area contributed by atoms with Gasteiger partial charge in [-0.3, -0.25) is 14.4 Å². The lowest BCUT2D eigenvalue weighted by molar-refractivity contribution is -0.132. The molecule has 2 rings (SSSR count). The molecule has 5 heteroatoms. The molecule has 2 unspecified atom stereocenters. The Morgan fingerprint density at radius 1 is 1.17 bits per heavy atom. The molecule has 2 atom stereocenters. The van der Waals surface area contributed by atoms with Crippen molar-refractivity contribution in [2.75, 3.05) is 18.9 Å². The first-order valence-corrected chi connectivity index (χ1v) is 8.11. The van der Waals surface area contributed by atoms with Crippen molar-refractivity contribution in [1.82, 2.24) is 4.90 Å². The predicted octanol–water partition coefficient (Wildman–Crippen LogP) is 2.72. The molecule has 1 N–H and O–H groups in total. The molecule has 5 nitrogen and oxygen atoms in total. The van der Waals surface area contributed by atoms with Gasteiger partial charge in [0, 0.05) is 24.8 Å². The van der Waals surface area contributed by atoms with Crippen molar-refractivity contribution in [1.29, 1.82) is 0 Å². The standard InChI is InChI=1S/C18H24N2O3/c1-4-5-10-20(3)18(23)16-11-15(16)17(22)19-14-8-6-13(7-9-14)12(2)21/h6-9,15-16H,4-5,10-11H2,1-3H3,(H,19,22). The molecule has 124 valence electrons. The Bertz CT molecular complexity index is 595. The first kappa shape index (κ1) is 17.2. The maximum Gasteiger partial charge on any atom is 0.228 e. The van der Waals surface area contributed by atoms with E-state index in [-0.39, 0.29) is 29.4 Å². The zero-order valence-corrected chi connectivity index (χ0v) is 14.0.